The van der Waals surface area contributed by atoms with Gasteiger partial charge < -0.3 is 19.3 Å². The molecule has 0 bridgehead atoms. The molecular weight excluding hydrogens is 406 g/mol. The zero-order valence-corrected chi connectivity index (χ0v) is 19.8. The number of carbonyl (C=O) groups excluding carboxylic acids is 3. The lowest BCUT2D eigenvalue weighted by Gasteiger charge is -2.32. The van der Waals surface area contributed by atoms with Crippen molar-refractivity contribution in [1.29, 1.82) is 0 Å². The van der Waals surface area contributed by atoms with Crippen LogP contribution in [0, 0.1) is 0 Å². The highest BCUT2D eigenvalue weighted by Gasteiger charge is 2.29. The fourth-order valence-electron chi connectivity index (χ4n) is 3.04. The Morgan fingerprint density at radius 1 is 1.10 bits per heavy atom. The van der Waals surface area contributed by atoms with Crippen molar-refractivity contribution in [2.75, 3.05) is 26.7 Å². The summed E-state index contributed by atoms with van der Waals surface area (Å²) in [6.45, 7) is 12.0. The standard InChI is InChI=1S/C21H33N3O5S/c1-20(2,3)28-16(25)12-23(7)18(26)15-13-30-17(22-15)14-8-10-24(11-9-14)19(27)29-21(4,5)6/h13-14H,8-12H2,1-7H3. The number of ether oxygens (including phenoxy) is 2. The van der Waals surface area contributed by atoms with Gasteiger partial charge in [0.15, 0.2) is 0 Å². The molecule has 168 valence electrons. The van der Waals surface area contributed by atoms with E-state index in [4.69, 9.17) is 9.47 Å². The number of esters is 1. The van der Waals surface area contributed by atoms with E-state index in [9.17, 15) is 14.4 Å². The second-order valence-electron chi connectivity index (χ2n) is 9.56. The molecule has 30 heavy (non-hydrogen) atoms. The van der Waals surface area contributed by atoms with Crippen LogP contribution in [0.25, 0.3) is 0 Å². The zero-order chi connectivity index (χ0) is 22.7. The minimum atomic E-state index is -0.594. The molecule has 0 saturated carbocycles. The van der Waals surface area contributed by atoms with Crippen molar-refractivity contribution in [2.24, 2.45) is 0 Å². The molecule has 1 aromatic heterocycles. The summed E-state index contributed by atoms with van der Waals surface area (Å²) in [7, 11) is 1.56. The maximum absolute atomic E-state index is 12.6. The molecule has 1 aromatic rings. The van der Waals surface area contributed by atoms with Crippen molar-refractivity contribution in [1.82, 2.24) is 14.8 Å². The lowest BCUT2D eigenvalue weighted by atomic mass is 9.98. The van der Waals surface area contributed by atoms with Crippen LogP contribution in [0.3, 0.4) is 0 Å². The third kappa shape index (κ3) is 7.27. The highest BCUT2D eigenvalue weighted by molar-refractivity contribution is 7.09. The highest BCUT2D eigenvalue weighted by Crippen LogP contribution is 2.31. The molecule has 0 N–H and O–H groups in total. The molecule has 2 rings (SSSR count). The van der Waals surface area contributed by atoms with Gasteiger partial charge in [-0.15, -0.1) is 11.3 Å². The minimum absolute atomic E-state index is 0.128. The predicted octanol–water partition coefficient (Wildman–Crippen LogP) is 3.67. The van der Waals surface area contributed by atoms with E-state index in [1.807, 2.05) is 20.8 Å². The number of rotatable bonds is 4. The van der Waals surface area contributed by atoms with Gasteiger partial charge in [0, 0.05) is 31.4 Å². The Morgan fingerprint density at radius 3 is 2.20 bits per heavy atom. The van der Waals surface area contributed by atoms with Gasteiger partial charge in [0.2, 0.25) is 0 Å². The van der Waals surface area contributed by atoms with Crippen LogP contribution in [-0.2, 0) is 14.3 Å². The van der Waals surface area contributed by atoms with E-state index in [2.05, 4.69) is 4.98 Å². The first-order valence-corrected chi connectivity index (χ1v) is 11.0. The first kappa shape index (κ1) is 24.1. The molecule has 0 atom stereocenters. The molecule has 2 amide bonds. The van der Waals surface area contributed by atoms with Gasteiger partial charge in [-0.3, -0.25) is 9.59 Å². The van der Waals surface area contributed by atoms with Gasteiger partial charge >= 0.3 is 12.1 Å². The normalized spacial score (nSPS) is 15.6. The van der Waals surface area contributed by atoms with Crippen LogP contribution in [0.5, 0.6) is 0 Å². The number of thiazole rings is 1. The van der Waals surface area contributed by atoms with E-state index < -0.39 is 17.2 Å². The number of aromatic nitrogens is 1. The van der Waals surface area contributed by atoms with E-state index in [0.717, 1.165) is 17.8 Å². The summed E-state index contributed by atoms with van der Waals surface area (Å²) in [4.78, 5) is 44.3. The minimum Gasteiger partial charge on any atom is -0.459 e. The fourth-order valence-corrected chi connectivity index (χ4v) is 4.01. The van der Waals surface area contributed by atoms with Crippen LogP contribution >= 0.6 is 11.3 Å². The number of nitrogens with zero attached hydrogens (tertiary/aromatic N) is 3. The zero-order valence-electron chi connectivity index (χ0n) is 19.0. The van der Waals surface area contributed by atoms with Crippen molar-refractivity contribution >= 4 is 29.3 Å². The summed E-state index contributed by atoms with van der Waals surface area (Å²) in [6.07, 6.45) is 1.25. The molecule has 9 heteroatoms. The second kappa shape index (κ2) is 9.32. The number of likely N-dealkylation sites (N-methyl/N-ethyl adjacent to an activating group) is 1. The average Bonchev–Trinajstić information content (AvgIpc) is 3.08. The number of likely N-dealkylation sites (tertiary alicyclic amines) is 1. The predicted molar refractivity (Wildman–Crippen MR) is 115 cm³/mol. The number of hydrogen-bond donors (Lipinski definition) is 0. The number of carbonyl (C=O) groups is 3. The molecule has 0 unspecified atom stereocenters. The molecular formula is C21H33N3O5S. The number of amides is 2. The van der Waals surface area contributed by atoms with Gasteiger partial charge in [-0.2, -0.15) is 0 Å². The van der Waals surface area contributed by atoms with Gasteiger partial charge in [-0.1, -0.05) is 0 Å². The molecule has 2 heterocycles. The van der Waals surface area contributed by atoms with Crippen molar-refractivity contribution in [3.8, 4) is 0 Å². The lowest BCUT2D eigenvalue weighted by molar-refractivity contribution is -0.155. The Hall–Kier alpha value is -2.16. The van der Waals surface area contributed by atoms with Crippen LogP contribution < -0.4 is 0 Å². The topological polar surface area (TPSA) is 89.0 Å². The summed E-state index contributed by atoms with van der Waals surface area (Å²) < 4.78 is 10.7. The SMILES string of the molecule is CN(CC(=O)OC(C)(C)C)C(=O)c1csc(C2CCN(C(=O)OC(C)(C)C)CC2)n1. The number of piperidine rings is 1. The van der Waals surface area contributed by atoms with Crippen molar-refractivity contribution in [3.63, 3.8) is 0 Å². The molecule has 1 saturated heterocycles. The lowest BCUT2D eigenvalue weighted by Crippen LogP contribution is -2.41. The molecule has 8 nitrogen and oxygen atoms in total. The van der Waals surface area contributed by atoms with E-state index in [0.29, 0.717) is 18.8 Å². The van der Waals surface area contributed by atoms with Crippen molar-refractivity contribution in [2.45, 2.75) is 71.5 Å². The van der Waals surface area contributed by atoms with Gasteiger partial charge in [0.1, 0.15) is 23.4 Å². The third-order valence-corrected chi connectivity index (χ3v) is 5.38. The van der Waals surface area contributed by atoms with Crippen LogP contribution in [0.15, 0.2) is 5.38 Å². The van der Waals surface area contributed by atoms with Crippen LogP contribution in [0.4, 0.5) is 4.79 Å². The van der Waals surface area contributed by atoms with E-state index >= 15 is 0 Å². The van der Waals surface area contributed by atoms with Crippen LogP contribution in [0.2, 0.25) is 0 Å². The first-order chi connectivity index (χ1) is 13.7. The van der Waals surface area contributed by atoms with Crippen LogP contribution in [0.1, 0.15) is 75.8 Å². The van der Waals surface area contributed by atoms with E-state index in [1.54, 1.807) is 38.1 Å². The summed E-state index contributed by atoms with van der Waals surface area (Å²) in [5, 5.41) is 2.61. The second-order valence-corrected chi connectivity index (χ2v) is 10.4. The Labute approximate surface area is 182 Å². The van der Waals surface area contributed by atoms with Gasteiger partial charge in [0.05, 0.1) is 5.01 Å². The molecule has 1 aliphatic heterocycles. The Kier molecular flexibility index (Phi) is 7.49. The molecule has 1 fully saturated rings. The van der Waals surface area contributed by atoms with E-state index in [-0.39, 0.29) is 24.5 Å². The van der Waals surface area contributed by atoms with Gasteiger partial charge in [0.25, 0.3) is 5.91 Å². The quantitative estimate of drug-likeness (QED) is 0.665. The summed E-state index contributed by atoms with van der Waals surface area (Å²) >= 11 is 1.44. The molecule has 0 radical (unpaired) electrons. The molecule has 1 aliphatic rings. The van der Waals surface area contributed by atoms with Crippen LogP contribution in [-0.4, -0.2) is 70.6 Å². The summed E-state index contributed by atoms with van der Waals surface area (Å²) in [5.41, 5.74) is -0.775. The molecule has 0 aromatic carbocycles. The summed E-state index contributed by atoms with van der Waals surface area (Å²) in [5.74, 6) is -0.565. The largest absolute Gasteiger partial charge is 0.459 e. The Morgan fingerprint density at radius 2 is 1.67 bits per heavy atom. The monoisotopic (exact) mass is 439 g/mol. The van der Waals surface area contributed by atoms with Crippen molar-refractivity contribution < 1.29 is 23.9 Å². The smallest absolute Gasteiger partial charge is 0.410 e. The van der Waals surface area contributed by atoms with Gasteiger partial charge in [-0.05, 0) is 54.4 Å². The highest BCUT2D eigenvalue weighted by atomic mass is 32.1. The van der Waals surface area contributed by atoms with Crippen molar-refractivity contribution in [3.05, 3.63) is 16.1 Å². The fraction of sp³-hybridized carbons (Fsp3) is 0.714. The van der Waals surface area contributed by atoms with Gasteiger partial charge in [-0.25, -0.2) is 9.78 Å². The molecule has 0 spiro atoms. The molecule has 0 aliphatic carbocycles. The number of hydrogen-bond acceptors (Lipinski definition) is 7. The maximum Gasteiger partial charge on any atom is 0.410 e. The van der Waals surface area contributed by atoms with E-state index in [1.165, 1.54) is 16.2 Å². The Bertz CT molecular complexity index is 770. The summed E-state index contributed by atoms with van der Waals surface area (Å²) in [6, 6.07) is 0. The third-order valence-electron chi connectivity index (χ3n) is 4.37. The Balaban J connectivity index is 1.90. The average molecular weight is 440 g/mol. The maximum atomic E-state index is 12.6. The first-order valence-electron chi connectivity index (χ1n) is 10.2.